The molecule has 124 valence electrons. The zero-order valence-corrected chi connectivity index (χ0v) is 14.4. The van der Waals surface area contributed by atoms with Gasteiger partial charge in [-0.25, -0.2) is 0 Å². The van der Waals surface area contributed by atoms with Crippen molar-refractivity contribution in [3.8, 4) is 0 Å². The van der Waals surface area contributed by atoms with Crippen LogP contribution < -0.4 is 10.9 Å². The van der Waals surface area contributed by atoms with Gasteiger partial charge in [-0.3, -0.25) is 14.3 Å². The van der Waals surface area contributed by atoms with Gasteiger partial charge < -0.3 is 10.3 Å². The molecule has 1 amide bonds. The second kappa shape index (κ2) is 6.81. The average molecular weight is 316 g/mol. The number of carbonyl (C=O) groups excluding carboxylic acids is 1. The molecule has 0 aliphatic heterocycles. The number of aryl methyl sites for hydroxylation is 4. The molecule has 0 saturated heterocycles. The zero-order valence-electron chi connectivity index (χ0n) is 14.4. The summed E-state index contributed by atoms with van der Waals surface area (Å²) in [5.74, 6) is -0.340. The van der Waals surface area contributed by atoms with E-state index in [0.717, 1.165) is 34.8 Å². The summed E-state index contributed by atoms with van der Waals surface area (Å²) in [7, 11) is 0. The van der Waals surface area contributed by atoms with Crippen LogP contribution in [0.25, 0.3) is 0 Å². The third-order valence-electron chi connectivity index (χ3n) is 4.23. The summed E-state index contributed by atoms with van der Waals surface area (Å²) in [5, 5.41) is 7.29. The lowest BCUT2D eigenvalue weighted by atomic mass is 10.1. The van der Waals surface area contributed by atoms with Gasteiger partial charge in [-0.05, 0) is 58.2 Å². The zero-order chi connectivity index (χ0) is 17.1. The Labute approximate surface area is 135 Å². The molecule has 2 N–H and O–H groups in total. The van der Waals surface area contributed by atoms with Gasteiger partial charge >= 0.3 is 0 Å². The van der Waals surface area contributed by atoms with Gasteiger partial charge in [0.1, 0.15) is 5.56 Å². The summed E-state index contributed by atoms with van der Waals surface area (Å²) in [5.41, 5.74) is 4.75. The van der Waals surface area contributed by atoms with Crippen molar-refractivity contribution in [2.75, 3.05) is 6.54 Å². The summed E-state index contributed by atoms with van der Waals surface area (Å²) in [6.07, 6.45) is 0.701. The third kappa shape index (κ3) is 3.52. The predicted molar refractivity (Wildman–Crippen MR) is 89.9 cm³/mol. The summed E-state index contributed by atoms with van der Waals surface area (Å²) >= 11 is 0. The molecule has 6 heteroatoms. The maximum absolute atomic E-state index is 12.2. The number of H-pyrrole nitrogens is 1. The van der Waals surface area contributed by atoms with Crippen LogP contribution in [0.15, 0.2) is 10.9 Å². The Balaban J connectivity index is 2.05. The number of aromatic amines is 1. The van der Waals surface area contributed by atoms with Crippen molar-refractivity contribution in [2.24, 2.45) is 0 Å². The van der Waals surface area contributed by atoms with Crippen LogP contribution in [0.4, 0.5) is 0 Å². The molecule has 2 aromatic heterocycles. The first-order valence-corrected chi connectivity index (χ1v) is 7.86. The van der Waals surface area contributed by atoms with Crippen molar-refractivity contribution in [1.29, 1.82) is 0 Å². The standard InChI is InChI=1S/C17H24N4O2/c1-6-21-13(5)14(12(4)20-21)7-8-18-16(22)15-9-10(2)11(3)19-17(15)23/h9H,6-8H2,1-5H3,(H,18,22)(H,19,23). The van der Waals surface area contributed by atoms with Gasteiger partial charge in [0.15, 0.2) is 0 Å². The molecule has 6 nitrogen and oxygen atoms in total. The highest BCUT2D eigenvalue weighted by Crippen LogP contribution is 2.13. The van der Waals surface area contributed by atoms with E-state index in [1.165, 1.54) is 0 Å². The minimum atomic E-state index is -0.350. The number of pyridine rings is 1. The molecule has 2 heterocycles. The molecule has 0 radical (unpaired) electrons. The Hall–Kier alpha value is -2.37. The summed E-state index contributed by atoms with van der Waals surface area (Å²) in [4.78, 5) is 26.8. The molecule has 0 aliphatic rings. The first-order chi connectivity index (χ1) is 10.8. The first-order valence-electron chi connectivity index (χ1n) is 7.86. The Kier molecular flexibility index (Phi) is 5.03. The van der Waals surface area contributed by atoms with E-state index in [4.69, 9.17) is 0 Å². The lowest BCUT2D eigenvalue weighted by molar-refractivity contribution is 0.0952. The fourth-order valence-electron chi connectivity index (χ4n) is 2.70. The first kappa shape index (κ1) is 17.0. The highest BCUT2D eigenvalue weighted by Gasteiger charge is 2.14. The second-order valence-electron chi connectivity index (χ2n) is 5.79. The highest BCUT2D eigenvalue weighted by atomic mass is 16.2. The maximum atomic E-state index is 12.2. The van der Waals surface area contributed by atoms with E-state index in [1.54, 1.807) is 6.07 Å². The van der Waals surface area contributed by atoms with Gasteiger partial charge in [-0.1, -0.05) is 0 Å². The van der Waals surface area contributed by atoms with Crippen molar-refractivity contribution in [3.05, 3.63) is 50.2 Å². The van der Waals surface area contributed by atoms with Crippen molar-refractivity contribution < 1.29 is 4.79 Å². The van der Waals surface area contributed by atoms with Crippen molar-refractivity contribution >= 4 is 5.91 Å². The van der Waals surface area contributed by atoms with E-state index in [2.05, 4.69) is 22.3 Å². The number of hydrogen-bond acceptors (Lipinski definition) is 3. The van der Waals surface area contributed by atoms with E-state index in [-0.39, 0.29) is 17.0 Å². The van der Waals surface area contributed by atoms with Gasteiger partial charge in [-0.15, -0.1) is 0 Å². The van der Waals surface area contributed by atoms with Crippen LogP contribution in [0, 0.1) is 27.7 Å². The van der Waals surface area contributed by atoms with E-state index in [9.17, 15) is 9.59 Å². The average Bonchev–Trinajstić information content (AvgIpc) is 2.78. The molecule has 0 atom stereocenters. The van der Waals surface area contributed by atoms with Crippen LogP contribution in [0.3, 0.4) is 0 Å². The second-order valence-corrected chi connectivity index (χ2v) is 5.79. The van der Waals surface area contributed by atoms with Gasteiger partial charge in [0.05, 0.1) is 5.69 Å². The molecular formula is C17H24N4O2. The number of nitrogens with zero attached hydrogens (tertiary/aromatic N) is 2. The molecule has 0 fully saturated rings. The smallest absolute Gasteiger partial charge is 0.261 e. The number of hydrogen-bond donors (Lipinski definition) is 2. The van der Waals surface area contributed by atoms with E-state index < -0.39 is 0 Å². The molecule has 0 aromatic carbocycles. The maximum Gasteiger partial charge on any atom is 0.261 e. The fraction of sp³-hybridized carbons (Fsp3) is 0.471. The van der Waals surface area contributed by atoms with Gasteiger partial charge in [0, 0.05) is 24.5 Å². The Morgan fingerprint density at radius 3 is 2.61 bits per heavy atom. The Morgan fingerprint density at radius 1 is 1.30 bits per heavy atom. The largest absolute Gasteiger partial charge is 0.352 e. The number of aromatic nitrogens is 3. The monoisotopic (exact) mass is 316 g/mol. The number of carbonyl (C=O) groups is 1. The summed E-state index contributed by atoms with van der Waals surface area (Å²) in [6, 6.07) is 1.63. The van der Waals surface area contributed by atoms with Crippen molar-refractivity contribution in [3.63, 3.8) is 0 Å². The fourth-order valence-corrected chi connectivity index (χ4v) is 2.70. The van der Waals surface area contributed by atoms with Crippen LogP contribution >= 0.6 is 0 Å². The third-order valence-corrected chi connectivity index (χ3v) is 4.23. The van der Waals surface area contributed by atoms with Crippen LogP contribution in [-0.2, 0) is 13.0 Å². The summed E-state index contributed by atoms with van der Waals surface area (Å²) in [6.45, 7) is 11.1. The van der Waals surface area contributed by atoms with E-state index in [1.807, 2.05) is 32.4 Å². The highest BCUT2D eigenvalue weighted by molar-refractivity contribution is 5.94. The molecule has 0 aliphatic carbocycles. The molecule has 0 saturated carbocycles. The van der Waals surface area contributed by atoms with Crippen molar-refractivity contribution in [1.82, 2.24) is 20.1 Å². The minimum absolute atomic E-state index is 0.158. The van der Waals surface area contributed by atoms with Crippen LogP contribution in [-0.4, -0.2) is 27.2 Å². The quantitative estimate of drug-likeness (QED) is 0.882. The van der Waals surface area contributed by atoms with Gasteiger partial charge in [0.2, 0.25) is 0 Å². The molecule has 23 heavy (non-hydrogen) atoms. The molecule has 0 unspecified atom stereocenters. The topological polar surface area (TPSA) is 79.8 Å². The summed E-state index contributed by atoms with van der Waals surface area (Å²) < 4.78 is 1.96. The van der Waals surface area contributed by atoms with Crippen LogP contribution in [0.2, 0.25) is 0 Å². The normalized spacial score (nSPS) is 10.8. The lowest BCUT2D eigenvalue weighted by Crippen LogP contribution is -2.31. The van der Waals surface area contributed by atoms with Crippen LogP contribution in [0.1, 0.15) is 45.5 Å². The Bertz CT molecular complexity index is 787. The Morgan fingerprint density at radius 2 is 2.00 bits per heavy atom. The minimum Gasteiger partial charge on any atom is -0.352 e. The molecule has 0 bridgehead atoms. The van der Waals surface area contributed by atoms with E-state index >= 15 is 0 Å². The molecule has 2 rings (SSSR count). The number of nitrogens with one attached hydrogen (secondary N) is 2. The van der Waals surface area contributed by atoms with Crippen molar-refractivity contribution in [2.45, 2.75) is 47.6 Å². The SMILES string of the molecule is CCn1nc(C)c(CCNC(=O)c2cc(C)c(C)[nH]c2=O)c1C. The number of amides is 1. The lowest BCUT2D eigenvalue weighted by Gasteiger charge is -2.07. The van der Waals surface area contributed by atoms with Crippen LogP contribution in [0.5, 0.6) is 0 Å². The molecule has 0 spiro atoms. The molecular weight excluding hydrogens is 292 g/mol. The predicted octanol–water partition coefficient (Wildman–Crippen LogP) is 1.80. The molecule has 2 aromatic rings. The van der Waals surface area contributed by atoms with E-state index in [0.29, 0.717) is 13.0 Å². The van der Waals surface area contributed by atoms with Gasteiger partial charge in [0.25, 0.3) is 11.5 Å². The van der Waals surface area contributed by atoms with Gasteiger partial charge in [-0.2, -0.15) is 5.10 Å². The number of rotatable bonds is 5.